The minimum absolute atomic E-state index is 0.217. The van der Waals surface area contributed by atoms with Gasteiger partial charge in [-0.1, -0.05) is 0 Å². The van der Waals surface area contributed by atoms with Gasteiger partial charge < -0.3 is 42.7 Å². The summed E-state index contributed by atoms with van der Waals surface area (Å²) in [6, 6.07) is -5.59. The Kier molecular flexibility index (Phi) is 12.8. The summed E-state index contributed by atoms with van der Waals surface area (Å²) in [5.74, 6) is -6.47. The number of hydrogen-bond acceptors (Lipinski definition) is 9. The van der Waals surface area contributed by atoms with Crippen molar-refractivity contribution in [3.8, 4) is 0 Å². The van der Waals surface area contributed by atoms with Crippen LogP contribution in [0.3, 0.4) is 0 Å². The van der Waals surface area contributed by atoms with E-state index in [1.165, 1.54) is 0 Å². The molecule has 0 bridgehead atoms. The van der Waals surface area contributed by atoms with E-state index >= 15 is 0 Å². The van der Waals surface area contributed by atoms with E-state index in [4.69, 9.17) is 21.7 Å². The Labute approximate surface area is 182 Å². The summed E-state index contributed by atoms with van der Waals surface area (Å²) in [6.45, 7) is -0.887. The normalized spacial score (nSPS) is 14.4. The lowest BCUT2D eigenvalue weighted by molar-refractivity contribution is -0.142. The number of rotatable bonds is 15. The Hall–Kier alpha value is -2.91. The molecule has 0 aromatic carbocycles. The Morgan fingerprint density at radius 2 is 1.32 bits per heavy atom. The van der Waals surface area contributed by atoms with E-state index in [1.54, 1.807) is 0 Å². The highest BCUT2D eigenvalue weighted by Crippen LogP contribution is 2.02. The summed E-state index contributed by atoms with van der Waals surface area (Å²) < 4.78 is 0. The molecule has 4 atom stereocenters. The van der Waals surface area contributed by atoms with Crippen molar-refractivity contribution < 1.29 is 44.1 Å². The van der Waals surface area contributed by atoms with Crippen LogP contribution in [0.25, 0.3) is 0 Å². The van der Waals surface area contributed by atoms with Crippen molar-refractivity contribution in [3.05, 3.63) is 0 Å². The maximum Gasteiger partial charge on any atom is 0.327 e. The third-order valence-corrected chi connectivity index (χ3v) is 4.30. The summed E-state index contributed by atoms with van der Waals surface area (Å²) in [5, 5.41) is 33.5. The highest BCUT2D eigenvalue weighted by atomic mass is 32.1. The molecule has 0 saturated heterocycles. The van der Waals surface area contributed by atoms with Crippen molar-refractivity contribution in [1.29, 1.82) is 0 Å². The first kappa shape index (κ1) is 28.1. The number of primary amides is 1. The molecule has 0 aliphatic heterocycles. The molecule has 0 fully saturated rings. The number of carbonyl (C=O) groups is 6. The molecule has 15 heteroatoms. The summed E-state index contributed by atoms with van der Waals surface area (Å²) in [5.41, 5.74) is 10.6. The van der Waals surface area contributed by atoms with E-state index < -0.39 is 72.8 Å². The lowest BCUT2D eigenvalue weighted by Gasteiger charge is -2.24. The van der Waals surface area contributed by atoms with Crippen molar-refractivity contribution in [3.63, 3.8) is 0 Å². The van der Waals surface area contributed by atoms with E-state index in [-0.39, 0.29) is 25.0 Å². The zero-order valence-corrected chi connectivity index (χ0v) is 17.3. The zero-order valence-electron chi connectivity index (χ0n) is 16.4. The van der Waals surface area contributed by atoms with Crippen LogP contribution in [0.5, 0.6) is 0 Å². The molecule has 14 nitrogen and oxygen atoms in total. The van der Waals surface area contributed by atoms with Crippen LogP contribution in [0.4, 0.5) is 0 Å². The fourth-order valence-electron chi connectivity index (χ4n) is 2.17. The molecular weight excluding hydrogens is 438 g/mol. The monoisotopic (exact) mass is 465 g/mol. The molecule has 10 N–H and O–H groups in total. The molecule has 0 saturated carbocycles. The molecule has 0 aromatic heterocycles. The van der Waals surface area contributed by atoms with Gasteiger partial charge in [-0.15, -0.1) is 0 Å². The SMILES string of the molecule is NC(=O)CCC(NC(=O)C(CO)NC(=O)C(N)CCC(=O)O)C(=O)NC(CS)C(=O)O. The van der Waals surface area contributed by atoms with Crippen LogP contribution >= 0.6 is 12.6 Å². The number of aliphatic carboxylic acids is 2. The van der Waals surface area contributed by atoms with Crippen molar-refractivity contribution in [1.82, 2.24) is 16.0 Å². The maximum atomic E-state index is 12.4. The first-order valence-corrected chi connectivity index (χ1v) is 9.67. The summed E-state index contributed by atoms with van der Waals surface area (Å²) in [6.07, 6.45) is -1.22. The first-order valence-electron chi connectivity index (χ1n) is 9.04. The fourth-order valence-corrected chi connectivity index (χ4v) is 2.42. The lowest BCUT2D eigenvalue weighted by atomic mass is 10.1. The maximum absolute atomic E-state index is 12.4. The second-order valence-electron chi connectivity index (χ2n) is 6.43. The molecule has 176 valence electrons. The number of nitrogens with two attached hydrogens (primary N) is 2. The van der Waals surface area contributed by atoms with Crippen molar-refractivity contribution in [2.45, 2.75) is 49.9 Å². The molecule has 0 spiro atoms. The lowest BCUT2D eigenvalue weighted by Crippen LogP contribution is -2.58. The second kappa shape index (κ2) is 14.2. The van der Waals surface area contributed by atoms with Crippen LogP contribution in [0.15, 0.2) is 0 Å². The number of carbonyl (C=O) groups excluding carboxylic acids is 4. The number of hydrogen-bond donors (Lipinski definition) is 9. The number of aliphatic hydroxyl groups is 1. The van der Waals surface area contributed by atoms with Gasteiger partial charge in [-0.25, -0.2) is 4.79 Å². The number of amides is 4. The van der Waals surface area contributed by atoms with Crippen LogP contribution in [-0.2, 0) is 28.8 Å². The smallest absolute Gasteiger partial charge is 0.327 e. The average molecular weight is 465 g/mol. The molecule has 0 rings (SSSR count). The van der Waals surface area contributed by atoms with Gasteiger partial charge in [0.1, 0.15) is 18.1 Å². The molecule has 0 aliphatic rings. The van der Waals surface area contributed by atoms with Gasteiger partial charge in [-0.2, -0.15) is 12.6 Å². The third kappa shape index (κ3) is 11.2. The van der Waals surface area contributed by atoms with Gasteiger partial charge in [0.05, 0.1) is 12.6 Å². The largest absolute Gasteiger partial charge is 0.481 e. The molecule has 0 heterocycles. The Bertz CT molecular complexity index is 690. The zero-order chi connectivity index (χ0) is 24.1. The van der Waals surface area contributed by atoms with Gasteiger partial charge in [0.25, 0.3) is 0 Å². The highest BCUT2D eigenvalue weighted by molar-refractivity contribution is 7.80. The van der Waals surface area contributed by atoms with Gasteiger partial charge in [-0.05, 0) is 12.8 Å². The number of carboxylic acids is 2. The van der Waals surface area contributed by atoms with E-state index in [0.717, 1.165) is 0 Å². The summed E-state index contributed by atoms with van der Waals surface area (Å²) >= 11 is 3.80. The predicted octanol–water partition coefficient (Wildman–Crippen LogP) is -4.09. The van der Waals surface area contributed by atoms with Gasteiger partial charge in [0.15, 0.2) is 0 Å². The summed E-state index contributed by atoms with van der Waals surface area (Å²) in [4.78, 5) is 69.4. The number of nitrogens with one attached hydrogen (secondary N) is 3. The number of aliphatic hydroxyl groups excluding tert-OH is 1. The van der Waals surface area contributed by atoms with Gasteiger partial charge in [0, 0.05) is 18.6 Å². The minimum atomic E-state index is -1.55. The molecule has 4 unspecified atom stereocenters. The summed E-state index contributed by atoms with van der Waals surface area (Å²) in [7, 11) is 0. The fraction of sp³-hybridized carbons (Fsp3) is 0.625. The minimum Gasteiger partial charge on any atom is -0.481 e. The Morgan fingerprint density at radius 1 is 0.806 bits per heavy atom. The predicted molar refractivity (Wildman–Crippen MR) is 108 cm³/mol. The molecular formula is C16H27N5O9S. The molecule has 31 heavy (non-hydrogen) atoms. The Balaban J connectivity index is 5.19. The first-order chi connectivity index (χ1) is 14.4. The quantitative estimate of drug-likeness (QED) is 0.106. The molecule has 0 aliphatic carbocycles. The van der Waals surface area contributed by atoms with E-state index in [0.29, 0.717) is 0 Å². The van der Waals surface area contributed by atoms with E-state index in [1.807, 2.05) is 0 Å². The van der Waals surface area contributed by atoms with E-state index in [9.17, 15) is 33.9 Å². The topological polar surface area (TPSA) is 251 Å². The standard InChI is InChI=1S/C16H27N5O9S/c17-7(1-4-12(24)25)13(26)20-9(5-22)15(28)19-8(2-3-11(18)23)14(27)21-10(6-31)16(29)30/h7-10,22,31H,1-6,17H2,(H2,18,23)(H,19,28)(H,20,26)(H,21,27)(H,24,25)(H,29,30). The van der Waals surface area contributed by atoms with Crippen molar-refractivity contribution in [2.75, 3.05) is 12.4 Å². The molecule has 0 radical (unpaired) electrons. The van der Waals surface area contributed by atoms with Crippen LogP contribution < -0.4 is 27.4 Å². The number of thiol groups is 1. The average Bonchev–Trinajstić information content (AvgIpc) is 2.70. The third-order valence-electron chi connectivity index (χ3n) is 3.93. The van der Waals surface area contributed by atoms with Crippen molar-refractivity contribution >= 4 is 48.2 Å². The van der Waals surface area contributed by atoms with Gasteiger partial charge in [-0.3, -0.25) is 24.0 Å². The second-order valence-corrected chi connectivity index (χ2v) is 6.80. The van der Waals surface area contributed by atoms with Crippen LogP contribution in [-0.4, -0.2) is 87.4 Å². The van der Waals surface area contributed by atoms with Gasteiger partial charge in [0.2, 0.25) is 23.6 Å². The van der Waals surface area contributed by atoms with Crippen molar-refractivity contribution in [2.24, 2.45) is 11.5 Å². The number of carboxylic acid groups (broad SMARTS) is 2. The molecule has 4 amide bonds. The van der Waals surface area contributed by atoms with Crippen LogP contribution in [0, 0.1) is 0 Å². The van der Waals surface area contributed by atoms with E-state index in [2.05, 4.69) is 28.6 Å². The van der Waals surface area contributed by atoms with Gasteiger partial charge >= 0.3 is 11.9 Å². The Morgan fingerprint density at radius 3 is 1.77 bits per heavy atom. The van der Waals surface area contributed by atoms with Crippen LogP contribution in [0.2, 0.25) is 0 Å². The molecule has 0 aromatic rings. The van der Waals surface area contributed by atoms with Crippen LogP contribution in [0.1, 0.15) is 25.7 Å². The highest BCUT2D eigenvalue weighted by Gasteiger charge is 2.30.